The lowest BCUT2D eigenvalue weighted by Crippen LogP contribution is -2.05. The third-order valence-electron chi connectivity index (χ3n) is 2.33. The molecule has 0 amide bonds. The van der Waals surface area contributed by atoms with Crippen molar-refractivity contribution >= 4 is 0 Å². The van der Waals surface area contributed by atoms with E-state index in [0.717, 1.165) is 24.8 Å². The van der Waals surface area contributed by atoms with Crippen molar-refractivity contribution in [3.63, 3.8) is 0 Å². The van der Waals surface area contributed by atoms with Crippen molar-refractivity contribution in [1.29, 1.82) is 0 Å². The smallest absolute Gasteiger partial charge is 0.126 e. The van der Waals surface area contributed by atoms with Crippen molar-refractivity contribution in [2.45, 2.75) is 40.0 Å². The van der Waals surface area contributed by atoms with Gasteiger partial charge in [0.25, 0.3) is 0 Å². The minimum atomic E-state index is -0.0681. The van der Waals surface area contributed by atoms with Crippen LogP contribution >= 0.6 is 0 Å². The first-order valence-corrected chi connectivity index (χ1v) is 5.22. The van der Waals surface area contributed by atoms with Gasteiger partial charge in [0, 0.05) is 0 Å². The Bertz CT molecular complexity index is 284. The number of hydrogen-bond acceptors (Lipinski definition) is 0. The molecule has 0 spiro atoms. The standard InChI is InChI=1S/C13H19F/c1-13(2,3)10-6-8-11-7-4-5-9-12(11)14/h4-5,7,9H,6,8,10H2,1-3H3. The summed E-state index contributed by atoms with van der Waals surface area (Å²) in [5.41, 5.74) is 1.20. The van der Waals surface area contributed by atoms with E-state index in [0.29, 0.717) is 5.41 Å². The molecule has 1 heteroatoms. The van der Waals surface area contributed by atoms with Gasteiger partial charge in [-0.3, -0.25) is 0 Å². The maximum atomic E-state index is 13.2. The molecule has 0 aromatic heterocycles. The van der Waals surface area contributed by atoms with E-state index in [-0.39, 0.29) is 5.82 Å². The lowest BCUT2D eigenvalue weighted by molar-refractivity contribution is 0.364. The van der Waals surface area contributed by atoms with Crippen molar-refractivity contribution in [3.05, 3.63) is 35.6 Å². The van der Waals surface area contributed by atoms with Crippen molar-refractivity contribution < 1.29 is 4.39 Å². The van der Waals surface area contributed by atoms with Crippen molar-refractivity contribution in [3.8, 4) is 0 Å². The second kappa shape index (κ2) is 4.59. The minimum absolute atomic E-state index is 0.0681. The van der Waals surface area contributed by atoms with E-state index < -0.39 is 0 Å². The van der Waals surface area contributed by atoms with Crippen molar-refractivity contribution in [2.24, 2.45) is 5.41 Å². The summed E-state index contributed by atoms with van der Waals surface area (Å²) < 4.78 is 13.2. The van der Waals surface area contributed by atoms with Crippen LogP contribution < -0.4 is 0 Å². The molecule has 1 aromatic carbocycles. The van der Waals surface area contributed by atoms with Gasteiger partial charge < -0.3 is 0 Å². The lowest BCUT2D eigenvalue weighted by Gasteiger charge is -2.17. The predicted molar refractivity (Wildman–Crippen MR) is 58.8 cm³/mol. The Morgan fingerprint density at radius 1 is 1.14 bits per heavy atom. The fraction of sp³-hybridized carbons (Fsp3) is 0.538. The monoisotopic (exact) mass is 194 g/mol. The van der Waals surface area contributed by atoms with Gasteiger partial charge in [-0.25, -0.2) is 4.39 Å². The summed E-state index contributed by atoms with van der Waals surface area (Å²) in [4.78, 5) is 0. The third-order valence-corrected chi connectivity index (χ3v) is 2.33. The van der Waals surface area contributed by atoms with E-state index >= 15 is 0 Å². The Hall–Kier alpha value is -0.850. The van der Waals surface area contributed by atoms with Crippen LogP contribution in [0.2, 0.25) is 0 Å². The van der Waals surface area contributed by atoms with Gasteiger partial charge in [0.2, 0.25) is 0 Å². The molecule has 0 aliphatic carbocycles. The minimum Gasteiger partial charge on any atom is -0.207 e. The van der Waals surface area contributed by atoms with Gasteiger partial charge in [0.1, 0.15) is 5.82 Å². The van der Waals surface area contributed by atoms with Crippen LogP contribution in [0.5, 0.6) is 0 Å². The zero-order valence-corrected chi connectivity index (χ0v) is 9.31. The molecule has 78 valence electrons. The average molecular weight is 194 g/mol. The zero-order valence-electron chi connectivity index (χ0n) is 9.31. The van der Waals surface area contributed by atoms with Crippen LogP contribution in [0.3, 0.4) is 0 Å². The van der Waals surface area contributed by atoms with E-state index in [1.54, 1.807) is 6.07 Å². The first-order chi connectivity index (χ1) is 6.49. The number of aryl methyl sites for hydroxylation is 1. The van der Waals surface area contributed by atoms with Crippen molar-refractivity contribution in [2.75, 3.05) is 0 Å². The van der Waals surface area contributed by atoms with Gasteiger partial charge in [-0.15, -0.1) is 0 Å². The Labute approximate surface area is 86.2 Å². The maximum Gasteiger partial charge on any atom is 0.126 e. The quantitative estimate of drug-likeness (QED) is 0.676. The van der Waals surface area contributed by atoms with Gasteiger partial charge in [-0.2, -0.15) is 0 Å². The van der Waals surface area contributed by atoms with E-state index in [9.17, 15) is 4.39 Å². The highest BCUT2D eigenvalue weighted by Gasteiger charge is 2.10. The van der Waals surface area contributed by atoms with Gasteiger partial charge >= 0.3 is 0 Å². The molecule has 0 fully saturated rings. The molecule has 0 bridgehead atoms. The van der Waals surface area contributed by atoms with Crippen LogP contribution in [-0.4, -0.2) is 0 Å². The highest BCUT2D eigenvalue weighted by Crippen LogP contribution is 2.22. The Kier molecular flexibility index (Phi) is 3.68. The van der Waals surface area contributed by atoms with Gasteiger partial charge in [-0.05, 0) is 36.3 Å². The summed E-state index contributed by atoms with van der Waals surface area (Å²) in [6, 6.07) is 7.04. The molecule has 0 unspecified atom stereocenters. The molecule has 14 heavy (non-hydrogen) atoms. The average Bonchev–Trinajstić information content (AvgIpc) is 2.06. The SMILES string of the molecule is CC(C)(C)CCCc1ccccc1F. The summed E-state index contributed by atoms with van der Waals surface area (Å²) in [6.07, 6.45) is 3.05. The molecule has 0 N–H and O–H groups in total. The first kappa shape index (κ1) is 11.2. The van der Waals surface area contributed by atoms with Crippen LogP contribution in [0.4, 0.5) is 4.39 Å². The summed E-state index contributed by atoms with van der Waals surface area (Å²) in [6.45, 7) is 6.65. The molecule has 1 aromatic rings. The number of halogens is 1. The highest BCUT2D eigenvalue weighted by atomic mass is 19.1. The van der Waals surface area contributed by atoms with Crippen LogP contribution in [0.15, 0.2) is 24.3 Å². The molecular weight excluding hydrogens is 175 g/mol. The Morgan fingerprint density at radius 3 is 2.36 bits per heavy atom. The maximum absolute atomic E-state index is 13.2. The van der Waals surface area contributed by atoms with Crippen molar-refractivity contribution in [1.82, 2.24) is 0 Å². The van der Waals surface area contributed by atoms with E-state index in [1.165, 1.54) is 6.07 Å². The topological polar surface area (TPSA) is 0 Å². The number of rotatable bonds is 3. The van der Waals surface area contributed by atoms with Crippen LogP contribution in [-0.2, 0) is 6.42 Å². The molecule has 0 radical (unpaired) electrons. The zero-order chi connectivity index (χ0) is 10.6. The molecule has 0 atom stereocenters. The second-order valence-corrected chi connectivity index (χ2v) is 5.01. The highest BCUT2D eigenvalue weighted by molar-refractivity contribution is 5.17. The normalized spacial score (nSPS) is 11.7. The number of hydrogen-bond donors (Lipinski definition) is 0. The second-order valence-electron chi connectivity index (χ2n) is 5.01. The summed E-state index contributed by atoms with van der Waals surface area (Å²) in [5.74, 6) is -0.0681. The van der Waals surface area contributed by atoms with E-state index in [1.807, 2.05) is 12.1 Å². The fourth-order valence-electron chi connectivity index (χ4n) is 1.51. The molecule has 0 heterocycles. The van der Waals surface area contributed by atoms with Gasteiger partial charge in [0.15, 0.2) is 0 Å². The van der Waals surface area contributed by atoms with Crippen LogP contribution in [0.1, 0.15) is 39.2 Å². The molecule has 0 nitrogen and oxygen atoms in total. The molecular formula is C13H19F. The molecule has 0 aliphatic heterocycles. The largest absolute Gasteiger partial charge is 0.207 e. The lowest BCUT2D eigenvalue weighted by atomic mass is 9.89. The summed E-state index contributed by atoms with van der Waals surface area (Å²) in [5, 5.41) is 0. The van der Waals surface area contributed by atoms with Crippen LogP contribution in [0.25, 0.3) is 0 Å². The molecule has 0 aliphatic rings. The fourth-order valence-corrected chi connectivity index (χ4v) is 1.51. The Morgan fingerprint density at radius 2 is 1.79 bits per heavy atom. The summed E-state index contributed by atoms with van der Waals surface area (Å²) in [7, 11) is 0. The van der Waals surface area contributed by atoms with Crippen LogP contribution in [0, 0.1) is 11.2 Å². The van der Waals surface area contributed by atoms with Gasteiger partial charge in [-0.1, -0.05) is 39.0 Å². The van der Waals surface area contributed by atoms with Gasteiger partial charge in [0.05, 0.1) is 0 Å². The Balaban J connectivity index is 2.43. The van der Waals surface area contributed by atoms with E-state index in [4.69, 9.17) is 0 Å². The molecule has 0 saturated heterocycles. The number of benzene rings is 1. The third kappa shape index (κ3) is 3.91. The summed E-state index contributed by atoms with van der Waals surface area (Å²) >= 11 is 0. The predicted octanol–water partition coefficient (Wildman–Crippen LogP) is 4.19. The molecule has 0 saturated carbocycles. The molecule has 1 rings (SSSR count). The van der Waals surface area contributed by atoms with E-state index in [2.05, 4.69) is 20.8 Å². The first-order valence-electron chi connectivity index (χ1n) is 5.22.